The summed E-state index contributed by atoms with van der Waals surface area (Å²) in [5, 5.41) is 2.11. The van der Waals surface area contributed by atoms with Gasteiger partial charge in [0.25, 0.3) is 0 Å². The highest BCUT2D eigenvalue weighted by atomic mass is 19.4. The van der Waals surface area contributed by atoms with E-state index in [4.69, 9.17) is 0 Å². The maximum Gasteiger partial charge on any atom is 0.416 e. The normalized spacial score (nSPS) is 11.4. The topological polar surface area (TPSA) is 29.1 Å². The van der Waals surface area contributed by atoms with E-state index in [1.165, 1.54) is 0 Å². The molecule has 1 amide bonds. The summed E-state index contributed by atoms with van der Waals surface area (Å²) < 4.78 is 50.2. The fourth-order valence-electron chi connectivity index (χ4n) is 1.24. The Morgan fingerprint density at radius 3 is 2.53 bits per heavy atom. The molecule has 0 unspecified atom stereocenters. The van der Waals surface area contributed by atoms with Gasteiger partial charge in [-0.2, -0.15) is 13.2 Å². The van der Waals surface area contributed by atoms with Crippen LogP contribution in [0.1, 0.15) is 25.3 Å². The van der Waals surface area contributed by atoms with Gasteiger partial charge in [-0.15, -0.1) is 0 Å². The van der Waals surface area contributed by atoms with E-state index in [-0.39, 0.29) is 6.42 Å². The van der Waals surface area contributed by atoms with E-state index < -0.39 is 29.2 Å². The van der Waals surface area contributed by atoms with Crippen molar-refractivity contribution in [2.45, 2.75) is 25.9 Å². The van der Waals surface area contributed by atoms with Crippen LogP contribution in [0.15, 0.2) is 18.2 Å². The number of hydrogen-bond donors (Lipinski definition) is 1. The molecule has 0 atom stereocenters. The molecule has 1 aromatic carbocycles. The van der Waals surface area contributed by atoms with Crippen LogP contribution in [0, 0.1) is 5.82 Å². The quantitative estimate of drug-likeness (QED) is 0.815. The molecule has 1 rings (SSSR count). The lowest BCUT2D eigenvalue weighted by molar-refractivity contribution is -0.137. The molecule has 1 aromatic rings. The van der Waals surface area contributed by atoms with Crippen molar-refractivity contribution < 1.29 is 22.4 Å². The summed E-state index contributed by atoms with van der Waals surface area (Å²) in [6.45, 7) is 1.74. The van der Waals surface area contributed by atoms with Crippen LogP contribution in [-0.4, -0.2) is 5.91 Å². The van der Waals surface area contributed by atoms with E-state index in [0.717, 1.165) is 0 Å². The molecule has 1 N–H and O–H groups in total. The van der Waals surface area contributed by atoms with Crippen molar-refractivity contribution in [3.63, 3.8) is 0 Å². The minimum absolute atomic E-state index is 0.135. The Hall–Kier alpha value is -1.59. The molecular weight excluding hydrogens is 238 g/mol. The van der Waals surface area contributed by atoms with Gasteiger partial charge in [0.05, 0.1) is 11.3 Å². The fourth-order valence-corrected chi connectivity index (χ4v) is 1.24. The molecule has 0 fully saturated rings. The molecule has 0 heterocycles. The number of alkyl halides is 3. The van der Waals surface area contributed by atoms with Crippen molar-refractivity contribution in [1.29, 1.82) is 0 Å². The lowest BCUT2D eigenvalue weighted by atomic mass is 10.2. The smallest absolute Gasteiger partial charge is 0.324 e. The molecule has 94 valence electrons. The third-order valence-electron chi connectivity index (χ3n) is 2.04. The van der Waals surface area contributed by atoms with Gasteiger partial charge in [0, 0.05) is 6.42 Å². The summed E-state index contributed by atoms with van der Waals surface area (Å²) in [4.78, 5) is 11.2. The third-order valence-corrected chi connectivity index (χ3v) is 2.04. The lowest BCUT2D eigenvalue weighted by Crippen LogP contribution is -2.13. The number of hydrogen-bond acceptors (Lipinski definition) is 1. The van der Waals surface area contributed by atoms with Crippen LogP contribution in [0.5, 0.6) is 0 Å². The van der Waals surface area contributed by atoms with Gasteiger partial charge < -0.3 is 5.32 Å². The SMILES string of the molecule is CCCC(=O)Nc1cc(C(F)(F)F)ccc1F. The average molecular weight is 249 g/mol. The van der Waals surface area contributed by atoms with E-state index in [1.807, 2.05) is 0 Å². The first-order valence-electron chi connectivity index (χ1n) is 5.01. The minimum Gasteiger partial charge on any atom is -0.324 e. The molecule has 0 saturated carbocycles. The molecule has 17 heavy (non-hydrogen) atoms. The van der Waals surface area contributed by atoms with Crippen LogP contribution >= 0.6 is 0 Å². The zero-order chi connectivity index (χ0) is 13.1. The molecule has 6 heteroatoms. The van der Waals surface area contributed by atoms with Crippen LogP contribution < -0.4 is 5.32 Å². The molecule has 0 aliphatic carbocycles. The minimum atomic E-state index is -4.56. The average Bonchev–Trinajstić information content (AvgIpc) is 2.20. The molecule has 0 bridgehead atoms. The van der Waals surface area contributed by atoms with Crippen molar-refractivity contribution in [3.05, 3.63) is 29.6 Å². The molecule has 0 radical (unpaired) electrons. The number of carbonyl (C=O) groups is 1. The second-order valence-corrected chi connectivity index (χ2v) is 3.49. The van der Waals surface area contributed by atoms with Crippen LogP contribution in [-0.2, 0) is 11.0 Å². The second-order valence-electron chi connectivity index (χ2n) is 3.49. The summed E-state index contributed by atoms with van der Waals surface area (Å²) >= 11 is 0. The fraction of sp³-hybridized carbons (Fsp3) is 0.364. The number of nitrogens with one attached hydrogen (secondary N) is 1. The molecule has 0 spiro atoms. The van der Waals surface area contributed by atoms with Crippen molar-refractivity contribution in [1.82, 2.24) is 0 Å². The summed E-state index contributed by atoms with van der Waals surface area (Å²) in [5.74, 6) is -1.40. The van der Waals surface area contributed by atoms with Crippen LogP contribution in [0.3, 0.4) is 0 Å². The van der Waals surface area contributed by atoms with Crippen molar-refractivity contribution in [2.75, 3.05) is 5.32 Å². The molecular formula is C11H11F4NO. The van der Waals surface area contributed by atoms with Crippen molar-refractivity contribution in [2.24, 2.45) is 0 Å². The summed E-state index contributed by atoms with van der Waals surface area (Å²) in [6, 6.07) is 1.90. The van der Waals surface area contributed by atoms with Gasteiger partial charge in [-0.1, -0.05) is 6.92 Å². The van der Waals surface area contributed by atoms with E-state index in [2.05, 4.69) is 5.32 Å². The van der Waals surface area contributed by atoms with Gasteiger partial charge in [-0.3, -0.25) is 4.79 Å². The van der Waals surface area contributed by atoms with E-state index in [9.17, 15) is 22.4 Å². The Bertz CT molecular complexity index is 414. The van der Waals surface area contributed by atoms with E-state index >= 15 is 0 Å². The Labute approximate surface area is 95.6 Å². The molecule has 0 aliphatic rings. The molecule has 0 aliphatic heterocycles. The first-order chi connectivity index (χ1) is 7.84. The van der Waals surface area contributed by atoms with Crippen LogP contribution in [0.4, 0.5) is 23.2 Å². The maximum atomic E-state index is 13.2. The van der Waals surface area contributed by atoms with Gasteiger partial charge in [0.1, 0.15) is 5.82 Å². The van der Waals surface area contributed by atoms with E-state index in [1.54, 1.807) is 6.92 Å². The molecule has 2 nitrogen and oxygen atoms in total. The third kappa shape index (κ3) is 3.72. The van der Waals surface area contributed by atoms with Gasteiger partial charge in [0.15, 0.2) is 0 Å². The summed E-state index contributed by atoms with van der Waals surface area (Å²) in [6.07, 6.45) is -3.89. The zero-order valence-corrected chi connectivity index (χ0v) is 9.07. The second kappa shape index (κ2) is 5.16. The number of carbonyl (C=O) groups excluding carboxylic acids is 1. The van der Waals surface area contributed by atoms with Gasteiger partial charge in [-0.05, 0) is 24.6 Å². The van der Waals surface area contributed by atoms with Gasteiger partial charge >= 0.3 is 6.18 Å². The largest absolute Gasteiger partial charge is 0.416 e. The Kier molecular flexibility index (Phi) is 4.09. The summed E-state index contributed by atoms with van der Waals surface area (Å²) in [5.41, 5.74) is -1.44. The molecule has 0 saturated heterocycles. The highest BCUT2D eigenvalue weighted by Crippen LogP contribution is 2.31. The number of rotatable bonds is 3. The Balaban J connectivity index is 2.95. The van der Waals surface area contributed by atoms with Crippen molar-refractivity contribution in [3.8, 4) is 0 Å². The van der Waals surface area contributed by atoms with Crippen LogP contribution in [0.2, 0.25) is 0 Å². The first-order valence-corrected chi connectivity index (χ1v) is 5.01. The number of amides is 1. The number of halogens is 4. The predicted molar refractivity (Wildman–Crippen MR) is 54.9 cm³/mol. The van der Waals surface area contributed by atoms with Gasteiger partial charge in [0.2, 0.25) is 5.91 Å². The molecule has 0 aromatic heterocycles. The number of anilines is 1. The first kappa shape index (κ1) is 13.5. The highest BCUT2D eigenvalue weighted by Gasteiger charge is 2.31. The Morgan fingerprint density at radius 1 is 1.35 bits per heavy atom. The number of benzene rings is 1. The zero-order valence-electron chi connectivity index (χ0n) is 9.07. The van der Waals surface area contributed by atoms with Gasteiger partial charge in [-0.25, -0.2) is 4.39 Å². The monoisotopic (exact) mass is 249 g/mol. The van der Waals surface area contributed by atoms with E-state index in [0.29, 0.717) is 24.6 Å². The van der Waals surface area contributed by atoms with Crippen LogP contribution in [0.25, 0.3) is 0 Å². The predicted octanol–water partition coefficient (Wildman–Crippen LogP) is 3.58. The lowest BCUT2D eigenvalue weighted by Gasteiger charge is -2.10. The Morgan fingerprint density at radius 2 is 2.00 bits per heavy atom. The highest BCUT2D eigenvalue weighted by molar-refractivity contribution is 5.90. The van der Waals surface area contributed by atoms with Crippen molar-refractivity contribution >= 4 is 11.6 Å². The summed E-state index contributed by atoms with van der Waals surface area (Å²) in [7, 11) is 0. The maximum absolute atomic E-state index is 13.2. The standard InChI is InChI=1S/C11H11F4NO/c1-2-3-10(17)16-9-6-7(11(13,14)15)4-5-8(9)12/h4-6H,2-3H2,1H3,(H,16,17).